The first-order valence-corrected chi connectivity index (χ1v) is 7.00. The lowest BCUT2D eigenvalue weighted by molar-refractivity contribution is 0.0941. The second kappa shape index (κ2) is 6.19. The molecule has 0 spiro atoms. The molecular weight excluding hydrogens is 321 g/mol. The van der Waals surface area contributed by atoms with E-state index in [0.29, 0.717) is 28.6 Å². The third kappa shape index (κ3) is 2.88. The van der Waals surface area contributed by atoms with Crippen LogP contribution in [0.2, 0.25) is 0 Å². The Hall–Kier alpha value is -3.09. The molecule has 1 amide bonds. The quantitative estimate of drug-likeness (QED) is 0.725. The number of carbonyl (C=O) groups is 1. The first-order chi connectivity index (χ1) is 11.5. The van der Waals surface area contributed by atoms with Gasteiger partial charge in [-0.1, -0.05) is 18.2 Å². The van der Waals surface area contributed by atoms with E-state index >= 15 is 0 Å². The summed E-state index contributed by atoms with van der Waals surface area (Å²) < 4.78 is 40.4. The summed E-state index contributed by atoms with van der Waals surface area (Å²) in [4.78, 5) is 26.3. The lowest BCUT2D eigenvalue weighted by Crippen LogP contribution is -2.26. The van der Waals surface area contributed by atoms with Crippen LogP contribution in [0.1, 0.15) is 15.9 Å². The number of amides is 1. The second-order valence-electron chi connectivity index (χ2n) is 5.11. The Kier molecular flexibility index (Phi) is 4.07. The average molecular weight is 332 g/mol. The Morgan fingerprint density at radius 3 is 2.54 bits per heavy atom. The minimum atomic E-state index is -1.55. The van der Waals surface area contributed by atoms with Crippen molar-refractivity contribution in [2.24, 2.45) is 0 Å². The van der Waals surface area contributed by atoms with Crippen molar-refractivity contribution in [3.63, 3.8) is 0 Å². The average Bonchev–Trinajstić information content (AvgIpc) is 2.56. The van der Waals surface area contributed by atoms with Gasteiger partial charge in [0, 0.05) is 23.5 Å². The van der Waals surface area contributed by atoms with E-state index in [1.54, 1.807) is 24.3 Å². The molecule has 0 atom stereocenters. The maximum atomic E-state index is 13.6. The molecule has 3 rings (SSSR count). The van der Waals surface area contributed by atoms with E-state index in [9.17, 15) is 22.8 Å². The smallest absolute Gasteiger partial charge is 0.257 e. The van der Waals surface area contributed by atoms with Crippen LogP contribution in [0.4, 0.5) is 13.2 Å². The molecule has 0 aliphatic carbocycles. The molecule has 0 bridgehead atoms. The molecule has 3 aromatic rings. The summed E-state index contributed by atoms with van der Waals surface area (Å²) in [7, 11) is 0. The van der Waals surface area contributed by atoms with Gasteiger partial charge in [-0.05, 0) is 23.8 Å². The van der Waals surface area contributed by atoms with E-state index in [0.717, 1.165) is 0 Å². The number of fused-ring (bicyclic) bond motifs is 1. The SMILES string of the molecule is O=C(NCc1cc(=O)[nH]c2ccccc12)c1c(F)ccc(F)c1F. The molecular formula is C17H11F3N2O2. The van der Waals surface area contributed by atoms with Crippen LogP contribution in [-0.2, 0) is 6.54 Å². The van der Waals surface area contributed by atoms with Gasteiger partial charge >= 0.3 is 0 Å². The second-order valence-corrected chi connectivity index (χ2v) is 5.11. The van der Waals surface area contributed by atoms with Crippen molar-refractivity contribution < 1.29 is 18.0 Å². The fourth-order valence-corrected chi connectivity index (χ4v) is 2.42. The van der Waals surface area contributed by atoms with Gasteiger partial charge < -0.3 is 10.3 Å². The summed E-state index contributed by atoms with van der Waals surface area (Å²) in [5, 5.41) is 2.98. The topological polar surface area (TPSA) is 62.0 Å². The van der Waals surface area contributed by atoms with Gasteiger partial charge in [0.1, 0.15) is 11.4 Å². The van der Waals surface area contributed by atoms with Crippen LogP contribution in [-0.4, -0.2) is 10.9 Å². The number of pyridine rings is 1. The van der Waals surface area contributed by atoms with E-state index in [4.69, 9.17) is 0 Å². The highest BCUT2D eigenvalue weighted by molar-refractivity contribution is 5.95. The van der Waals surface area contributed by atoms with Gasteiger partial charge in [0.25, 0.3) is 5.91 Å². The van der Waals surface area contributed by atoms with E-state index in [1.807, 2.05) is 0 Å². The van der Waals surface area contributed by atoms with Gasteiger partial charge in [-0.3, -0.25) is 9.59 Å². The number of hydrogen-bond donors (Lipinski definition) is 2. The maximum absolute atomic E-state index is 13.6. The van der Waals surface area contributed by atoms with Gasteiger partial charge in [0.15, 0.2) is 11.6 Å². The van der Waals surface area contributed by atoms with E-state index in [1.165, 1.54) is 6.07 Å². The Labute approximate surface area is 133 Å². The molecule has 0 aliphatic heterocycles. The number of rotatable bonds is 3. The fraction of sp³-hybridized carbons (Fsp3) is 0.0588. The molecule has 4 nitrogen and oxygen atoms in total. The van der Waals surface area contributed by atoms with Crippen LogP contribution >= 0.6 is 0 Å². The van der Waals surface area contributed by atoms with Gasteiger partial charge in [0.2, 0.25) is 5.56 Å². The Balaban J connectivity index is 1.91. The zero-order valence-electron chi connectivity index (χ0n) is 12.2. The molecule has 0 radical (unpaired) electrons. The van der Waals surface area contributed by atoms with E-state index < -0.39 is 28.9 Å². The monoisotopic (exact) mass is 332 g/mol. The molecule has 0 fully saturated rings. The number of hydrogen-bond acceptors (Lipinski definition) is 2. The molecule has 1 heterocycles. The van der Waals surface area contributed by atoms with Crippen molar-refractivity contribution in [1.82, 2.24) is 10.3 Å². The highest BCUT2D eigenvalue weighted by Crippen LogP contribution is 2.17. The van der Waals surface area contributed by atoms with Crippen LogP contribution in [0.25, 0.3) is 10.9 Å². The van der Waals surface area contributed by atoms with Crippen molar-refractivity contribution >= 4 is 16.8 Å². The Morgan fingerprint density at radius 1 is 1.04 bits per heavy atom. The lowest BCUT2D eigenvalue weighted by atomic mass is 10.1. The third-order valence-corrected chi connectivity index (χ3v) is 3.55. The molecule has 0 unspecified atom stereocenters. The number of aromatic nitrogens is 1. The molecule has 2 aromatic carbocycles. The number of para-hydroxylation sites is 1. The number of H-pyrrole nitrogens is 1. The molecule has 7 heteroatoms. The fourth-order valence-electron chi connectivity index (χ4n) is 2.42. The highest BCUT2D eigenvalue weighted by Gasteiger charge is 2.20. The van der Waals surface area contributed by atoms with Crippen LogP contribution < -0.4 is 10.9 Å². The summed E-state index contributed by atoms with van der Waals surface area (Å²) in [5.41, 5.74) is -0.331. The molecule has 122 valence electrons. The van der Waals surface area contributed by atoms with Crippen molar-refractivity contribution in [2.75, 3.05) is 0 Å². The predicted octanol–water partition coefficient (Wildman–Crippen LogP) is 2.88. The zero-order valence-corrected chi connectivity index (χ0v) is 12.2. The number of aromatic amines is 1. The summed E-state index contributed by atoms with van der Waals surface area (Å²) in [6.45, 7) is -0.140. The third-order valence-electron chi connectivity index (χ3n) is 3.55. The number of benzene rings is 2. The molecule has 0 saturated carbocycles. The Bertz CT molecular complexity index is 999. The standard InChI is InChI=1S/C17H11F3N2O2/c18-11-5-6-12(19)16(20)15(11)17(24)21-8-9-7-14(23)22-13-4-2-1-3-10(9)13/h1-7H,8H2,(H,21,24)(H,22,23). The summed E-state index contributed by atoms with van der Waals surface area (Å²) >= 11 is 0. The van der Waals surface area contributed by atoms with Crippen molar-refractivity contribution in [3.8, 4) is 0 Å². The van der Waals surface area contributed by atoms with Crippen LogP contribution in [0, 0.1) is 17.5 Å². The van der Waals surface area contributed by atoms with Crippen molar-refractivity contribution in [2.45, 2.75) is 6.54 Å². The first kappa shape index (κ1) is 15.8. The Morgan fingerprint density at radius 2 is 1.75 bits per heavy atom. The minimum Gasteiger partial charge on any atom is -0.348 e. The normalized spacial score (nSPS) is 10.8. The summed E-state index contributed by atoms with van der Waals surface area (Å²) in [6, 6.07) is 9.46. The maximum Gasteiger partial charge on any atom is 0.257 e. The van der Waals surface area contributed by atoms with Crippen LogP contribution in [0.5, 0.6) is 0 Å². The number of nitrogens with one attached hydrogen (secondary N) is 2. The molecule has 0 saturated heterocycles. The molecule has 2 N–H and O–H groups in total. The number of halogens is 3. The molecule has 0 aliphatic rings. The van der Waals surface area contributed by atoms with Crippen molar-refractivity contribution in [1.29, 1.82) is 0 Å². The van der Waals surface area contributed by atoms with Gasteiger partial charge in [-0.15, -0.1) is 0 Å². The first-order valence-electron chi connectivity index (χ1n) is 7.00. The van der Waals surface area contributed by atoms with Gasteiger partial charge in [-0.2, -0.15) is 0 Å². The summed E-state index contributed by atoms with van der Waals surface area (Å²) in [6.07, 6.45) is 0. The zero-order chi connectivity index (χ0) is 17.3. The molecule has 1 aromatic heterocycles. The number of carbonyl (C=O) groups excluding carboxylic acids is 1. The largest absolute Gasteiger partial charge is 0.348 e. The summed E-state index contributed by atoms with van der Waals surface area (Å²) in [5.74, 6) is -5.14. The lowest BCUT2D eigenvalue weighted by Gasteiger charge is -2.09. The van der Waals surface area contributed by atoms with Crippen molar-refractivity contribution in [3.05, 3.63) is 81.4 Å². The minimum absolute atomic E-state index is 0.140. The van der Waals surface area contributed by atoms with Crippen LogP contribution in [0.3, 0.4) is 0 Å². The van der Waals surface area contributed by atoms with E-state index in [2.05, 4.69) is 10.3 Å². The molecule has 24 heavy (non-hydrogen) atoms. The van der Waals surface area contributed by atoms with Crippen LogP contribution in [0.15, 0.2) is 47.3 Å². The predicted molar refractivity (Wildman–Crippen MR) is 82.1 cm³/mol. The van der Waals surface area contributed by atoms with Gasteiger partial charge in [0.05, 0.1) is 0 Å². The highest BCUT2D eigenvalue weighted by atomic mass is 19.2. The van der Waals surface area contributed by atoms with E-state index in [-0.39, 0.29) is 12.1 Å². The van der Waals surface area contributed by atoms with Gasteiger partial charge in [-0.25, -0.2) is 13.2 Å².